The molecule has 0 heterocycles. The summed E-state index contributed by atoms with van der Waals surface area (Å²) >= 11 is 0. The van der Waals surface area contributed by atoms with Gasteiger partial charge in [-0.1, -0.05) is 30.3 Å². The van der Waals surface area contributed by atoms with E-state index in [4.69, 9.17) is 0 Å². The molecule has 0 aliphatic heterocycles. The van der Waals surface area contributed by atoms with Crippen LogP contribution in [-0.4, -0.2) is 5.91 Å². The molecule has 2 aromatic carbocycles. The van der Waals surface area contributed by atoms with Crippen molar-refractivity contribution in [2.45, 2.75) is 6.92 Å². The van der Waals surface area contributed by atoms with E-state index >= 15 is 0 Å². The zero-order valence-corrected chi connectivity index (χ0v) is 10.6. The van der Waals surface area contributed by atoms with E-state index in [1.54, 1.807) is 18.2 Å². The molecule has 1 N–H and O–H groups in total. The Bertz CT molecular complexity index is 602. The molecule has 0 aromatic heterocycles. The predicted molar refractivity (Wildman–Crippen MR) is 75.2 cm³/mol. The lowest BCUT2D eigenvalue weighted by atomic mass is 10.2. The average molecular weight is 255 g/mol. The molecule has 0 spiro atoms. The maximum absolute atomic E-state index is 12.7. The van der Waals surface area contributed by atoms with Crippen molar-refractivity contribution in [2.75, 3.05) is 5.32 Å². The first kappa shape index (κ1) is 13.0. The van der Waals surface area contributed by atoms with E-state index in [-0.39, 0.29) is 11.7 Å². The number of amides is 1. The Morgan fingerprint density at radius 1 is 1.11 bits per heavy atom. The monoisotopic (exact) mass is 255 g/mol. The Morgan fingerprint density at radius 3 is 2.47 bits per heavy atom. The van der Waals surface area contributed by atoms with Crippen LogP contribution in [0.3, 0.4) is 0 Å². The van der Waals surface area contributed by atoms with Gasteiger partial charge >= 0.3 is 0 Å². The summed E-state index contributed by atoms with van der Waals surface area (Å²) in [4.78, 5) is 11.7. The van der Waals surface area contributed by atoms with Crippen LogP contribution in [0, 0.1) is 12.7 Å². The van der Waals surface area contributed by atoms with Gasteiger partial charge < -0.3 is 5.32 Å². The quantitative estimate of drug-likeness (QED) is 0.831. The average Bonchev–Trinajstić information content (AvgIpc) is 2.41. The summed E-state index contributed by atoms with van der Waals surface area (Å²) in [6.07, 6.45) is 3.08. The third-order valence-electron chi connectivity index (χ3n) is 2.70. The second-order valence-electron chi connectivity index (χ2n) is 4.19. The van der Waals surface area contributed by atoms with Crippen LogP contribution in [0.2, 0.25) is 0 Å². The number of carbonyl (C=O) groups is 1. The number of anilines is 1. The van der Waals surface area contributed by atoms with Gasteiger partial charge in [-0.25, -0.2) is 4.39 Å². The molecule has 19 heavy (non-hydrogen) atoms. The molecular weight excluding hydrogens is 241 g/mol. The highest BCUT2D eigenvalue weighted by molar-refractivity contribution is 6.02. The summed E-state index contributed by atoms with van der Waals surface area (Å²) in [5, 5.41) is 2.79. The Labute approximate surface area is 111 Å². The molecule has 0 unspecified atom stereocenters. The van der Waals surface area contributed by atoms with Gasteiger partial charge in [0.05, 0.1) is 0 Å². The van der Waals surface area contributed by atoms with Crippen molar-refractivity contribution in [1.29, 1.82) is 0 Å². The third kappa shape index (κ3) is 3.78. The second-order valence-corrected chi connectivity index (χ2v) is 4.19. The Hall–Kier alpha value is -2.42. The standard InChI is InChI=1S/C16H14FNO/c1-12-4-2-3-5-15(12)18-16(19)11-8-13-6-9-14(17)10-7-13/h2-11H,1H3,(H,18,19). The topological polar surface area (TPSA) is 29.1 Å². The number of carbonyl (C=O) groups excluding carboxylic acids is 1. The molecule has 0 atom stereocenters. The Morgan fingerprint density at radius 2 is 1.79 bits per heavy atom. The summed E-state index contributed by atoms with van der Waals surface area (Å²) in [6, 6.07) is 13.5. The number of para-hydroxylation sites is 1. The van der Waals surface area contributed by atoms with E-state index in [0.717, 1.165) is 16.8 Å². The summed E-state index contributed by atoms with van der Waals surface area (Å²) < 4.78 is 12.7. The lowest BCUT2D eigenvalue weighted by Gasteiger charge is -2.05. The maximum Gasteiger partial charge on any atom is 0.248 e. The summed E-state index contributed by atoms with van der Waals surface area (Å²) in [5.41, 5.74) is 2.57. The van der Waals surface area contributed by atoms with Gasteiger partial charge in [0.25, 0.3) is 0 Å². The van der Waals surface area contributed by atoms with Crippen LogP contribution >= 0.6 is 0 Å². The molecule has 2 nitrogen and oxygen atoms in total. The maximum atomic E-state index is 12.7. The number of rotatable bonds is 3. The number of hydrogen-bond donors (Lipinski definition) is 1. The molecule has 0 bridgehead atoms. The van der Waals surface area contributed by atoms with E-state index in [1.807, 2.05) is 31.2 Å². The lowest BCUT2D eigenvalue weighted by molar-refractivity contribution is -0.111. The van der Waals surface area contributed by atoms with Gasteiger partial charge in [0.2, 0.25) is 5.91 Å². The largest absolute Gasteiger partial charge is 0.322 e. The molecule has 96 valence electrons. The number of aryl methyl sites for hydroxylation is 1. The Balaban J connectivity index is 2.02. The molecule has 0 aliphatic rings. The normalized spacial score (nSPS) is 10.6. The SMILES string of the molecule is Cc1ccccc1NC(=O)C=Cc1ccc(F)cc1. The zero-order valence-electron chi connectivity index (χ0n) is 10.6. The van der Waals surface area contributed by atoms with Crippen LogP contribution in [0.4, 0.5) is 10.1 Å². The molecule has 3 heteroatoms. The highest BCUT2D eigenvalue weighted by Gasteiger charge is 2.00. The Kier molecular flexibility index (Phi) is 4.08. The first-order valence-electron chi connectivity index (χ1n) is 5.95. The molecule has 0 radical (unpaired) electrons. The van der Waals surface area contributed by atoms with E-state index in [1.165, 1.54) is 18.2 Å². The first-order chi connectivity index (χ1) is 9.15. The number of nitrogens with one attached hydrogen (secondary N) is 1. The van der Waals surface area contributed by atoms with Crippen molar-refractivity contribution in [3.63, 3.8) is 0 Å². The minimum atomic E-state index is -0.290. The van der Waals surface area contributed by atoms with Crippen molar-refractivity contribution in [3.05, 3.63) is 71.6 Å². The minimum Gasteiger partial charge on any atom is -0.322 e. The third-order valence-corrected chi connectivity index (χ3v) is 2.70. The van der Waals surface area contributed by atoms with Crippen LogP contribution in [0.1, 0.15) is 11.1 Å². The first-order valence-corrected chi connectivity index (χ1v) is 5.95. The van der Waals surface area contributed by atoms with E-state index in [0.29, 0.717) is 0 Å². The molecule has 0 aliphatic carbocycles. The van der Waals surface area contributed by atoms with Crippen molar-refractivity contribution in [2.24, 2.45) is 0 Å². The fraction of sp³-hybridized carbons (Fsp3) is 0.0625. The number of halogens is 1. The molecule has 0 saturated heterocycles. The molecule has 2 rings (SSSR count). The van der Waals surface area contributed by atoms with Crippen LogP contribution in [0.15, 0.2) is 54.6 Å². The van der Waals surface area contributed by atoms with Crippen LogP contribution in [-0.2, 0) is 4.79 Å². The zero-order chi connectivity index (χ0) is 13.7. The molecule has 1 amide bonds. The smallest absolute Gasteiger partial charge is 0.248 e. The van der Waals surface area contributed by atoms with Gasteiger partial charge in [-0.15, -0.1) is 0 Å². The van der Waals surface area contributed by atoms with E-state index in [9.17, 15) is 9.18 Å². The van der Waals surface area contributed by atoms with Crippen LogP contribution < -0.4 is 5.32 Å². The van der Waals surface area contributed by atoms with Crippen molar-refractivity contribution < 1.29 is 9.18 Å². The van der Waals surface area contributed by atoms with Crippen LogP contribution in [0.25, 0.3) is 6.08 Å². The van der Waals surface area contributed by atoms with Gasteiger partial charge in [-0.3, -0.25) is 4.79 Å². The predicted octanol–water partition coefficient (Wildman–Crippen LogP) is 3.79. The van der Waals surface area contributed by atoms with Crippen molar-refractivity contribution in [1.82, 2.24) is 0 Å². The second kappa shape index (κ2) is 5.96. The fourth-order valence-corrected chi connectivity index (χ4v) is 1.63. The summed E-state index contributed by atoms with van der Waals surface area (Å²) in [6.45, 7) is 1.93. The summed E-state index contributed by atoms with van der Waals surface area (Å²) in [5.74, 6) is -0.500. The van der Waals surface area contributed by atoms with Crippen LogP contribution in [0.5, 0.6) is 0 Å². The van der Waals surface area contributed by atoms with E-state index < -0.39 is 0 Å². The van der Waals surface area contributed by atoms with Gasteiger partial charge in [0, 0.05) is 11.8 Å². The molecule has 0 fully saturated rings. The minimum absolute atomic E-state index is 0.210. The van der Waals surface area contributed by atoms with Gasteiger partial charge in [-0.2, -0.15) is 0 Å². The lowest BCUT2D eigenvalue weighted by Crippen LogP contribution is -2.08. The molecule has 2 aromatic rings. The van der Waals surface area contributed by atoms with Gasteiger partial charge in [-0.05, 0) is 42.3 Å². The van der Waals surface area contributed by atoms with Gasteiger partial charge in [0.1, 0.15) is 5.82 Å². The van der Waals surface area contributed by atoms with E-state index in [2.05, 4.69) is 5.32 Å². The molecule has 0 saturated carbocycles. The highest BCUT2D eigenvalue weighted by atomic mass is 19.1. The highest BCUT2D eigenvalue weighted by Crippen LogP contribution is 2.13. The van der Waals surface area contributed by atoms with Gasteiger partial charge in [0.15, 0.2) is 0 Å². The summed E-state index contributed by atoms with van der Waals surface area (Å²) in [7, 11) is 0. The number of hydrogen-bond acceptors (Lipinski definition) is 1. The van der Waals surface area contributed by atoms with Crippen molar-refractivity contribution in [3.8, 4) is 0 Å². The van der Waals surface area contributed by atoms with Crippen molar-refractivity contribution >= 4 is 17.7 Å². The fourth-order valence-electron chi connectivity index (χ4n) is 1.63. The number of benzene rings is 2. The molecular formula is C16H14FNO.